The Morgan fingerprint density at radius 3 is 2.79 bits per heavy atom. The van der Waals surface area contributed by atoms with Gasteiger partial charge in [0.25, 0.3) is 6.43 Å². The Kier molecular flexibility index (Phi) is 2.68. The predicted molar refractivity (Wildman–Crippen MR) is 59.0 cm³/mol. The molecule has 1 aromatic heterocycles. The molecule has 0 atom stereocenters. The van der Waals surface area contributed by atoms with Crippen LogP contribution in [-0.4, -0.2) is 0 Å². The van der Waals surface area contributed by atoms with E-state index in [0.717, 1.165) is 5.39 Å². The van der Waals surface area contributed by atoms with E-state index in [9.17, 15) is 8.78 Å². The molecule has 1 aromatic carbocycles. The van der Waals surface area contributed by atoms with Crippen LogP contribution >= 0.6 is 35.6 Å². The third-order valence-electron chi connectivity index (χ3n) is 1.91. The molecule has 0 aliphatic heterocycles. The van der Waals surface area contributed by atoms with Crippen molar-refractivity contribution < 1.29 is 8.78 Å². The topological polar surface area (TPSA) is 0 Å². The van der Waals surface area contributed by atoms with Gasteiger partial charge < -0.3 is 0 Å². The summed E-state index contributed by atoms with van der Waals surface area (Å²) in [6.45, 7) is 0. The first-order valence-corrected chi connectivity index (χ1v) is 5.48. The smallest absolute Gasteiger partial charge is 0.205 e. The van der Waals surface area contributed by atoms with Gasteiger partial charge in [0.05, 0.1) is 10.6 Å². The number of benzene rings is 1. The summed E-state index contributed by atoms with van der Waals surface area (Å²) in [5.41, 5.74) is -0.107. The van der Waals surface area contributed by atoms with E-state index >= 15 is 0 Å². The second kappa shape index (κ2) is 3.68. The lowest BCUT2D eigenvalue weighted by atomic mass is 10.2. The fourth-order valence-corrected chi connectivity index (χ4v) is 2.77. The zero-order valence-corrected chi connectivity index (χ0v) is 9.27. The molecule has 74 valence electrons. The number of thiophene rings is 1. The van der Waals surface area contributed by atoms with Crippen LogP contribution in [0.1, 0.15) is 12.0 Å². The number of rotatable bonds is 1. The molecular weight excluding hydrogens is 246 g/mol. The Bertz CT molecular complexity index is 479. The van der Waals surface area contributed by atoms with E-state index in [0.29, 0.717) is 9.60 Å². The summed E-state index contributed by atoms with van der Waals surface area (Å²) < 4.78 is 26.0. The summed E-state index contributed by atoms with van der Waals surface area (Å²) in [6.07, 6.45) is -2.56. The molecule has 0 saturated carbocycles. The molecule has 0 amide bonds. The maximum absolute atomic E-state index is 12.7. The molecular formula is C9H5ClF2S2. The van der Waals surface area contributed by atoms with Crippen molar-refractivity contribution in [2.45, 2.75) is 11.3 Å². The lowest BCUT2D eigenvalue weighted by Crippen LogP contribution is -1.87. The van der Waals surface area contributed by atoms with Gasteiger partial charge >= 0.3 is 0 Å². The van der Waals surface area contributed by atoms with E-state index in [-0.39, 0.29) is 10.6 Å². The van der Waals surface area contributed by atoms with Crippen LogP contribution in [0.2, 0.25) is 5.02 Å². The summed E-state index contributed by atoms with van der Waals surface area (Å²) in [5.74, 6) is 0. The summed E-state index contributed by atoms with van der Waals surface area (Å²) in [7, 11) is 0. The lowest BCUT2D eigenvalue weighted by Gasteiger charge is -2.06. The number of hydrogen-bond donors (Lipinski definition) is 1. The monoisotopic (exact) mass is 250 g/mol. The quantitative estimate of drug-likeness (QED) is 0.692. The average molecular weight is 251 g/mol. The first-order valence-electron chi connectivity index (χ1n) is 3.78. The molecule has 0 radical (unpaired) electrons. The van der Waals surface area contributed by atoms with E-state index in [4.69, 9.17) is 11.6 Å². The van der Waals surface area contributed by atoms with Crippen molar-refractivity contribution in [3.63, 3.8) is 0 Å². The molecule has 14 heavy (non-hydrogen) atoms. The Hall–Kier alpha value is -0.320. The van der Waals surface area contributed by atoms with Gasteiger partial charge in [0, 0.05) is 9.60 Å². The third kappa shape index (κ3) is 1.51. The first-order chi connectivity index (χ1) is 6.61. The molecule has 2 aromatic rings. The van der Waals surface area contributed by atoms with E-state index in [1.807, 2.05) is 0 Å². The minimum Gasteiger partial charge on any atom is -0.205 e. The largest absolute Gasteiger partial charge is 0.266 e. The van der Waals surface area contributed by atoms with Gasteiger partial charge in [-0.2, -0.15) is 0 Å². The van der Waals surface area contributed by atoms with E-state index in [2.05, 4.69) is 12.6 Å². The van der Waals surface area contributed by atoms with Crippen LogP contribution in [0.25, 0.3) is 10.1 Å². The fourth-order valence-electron chi connectivity index (χ4n) is 1.29. The molecule has 0 aliphatic carbocycles. The lowest BCUT2D eigenvalue weighted by molar-refractivity contribution is 0.153. The van der Waals surface area contributed by atoms with Crippen molar-refractivity contribution >= 4 is 45.7 Å². The van der Waals surface area contributed by atoms with Crippen molar-refractivity contribution in [1.82, 2.24) is 0 Å². The van der Waals surface area contributed by atoms with Gasteiger partial charge in [-0.25, -0.2) is 8.78 Å². The molecule has 5 heteroatoms. The number of fused-ring (bicyclic) bond motifs is 1. The minimum atomic E-state index is -2.56. The molecule has 2 rings (SSSR count). The van der Waals surface area contributed by atoms with Gasteiger partial charge in [0.2, 0.25) is 0 Å². The molecule has 0 bridgehead atoms. The van der Waals surface area contributed by atoms with Gasteiger partial charge in [-0.15, -0.1) is 24.0 Å². The van der Waals surface area contributed by atoms with Crippen molar-refractivity contribution in [2.75, 3.05) is 0 Å². The van der Waals surface area contributed by atoms with Gasteiger partial charge in [-0.05, 0) is 22.9 Å². The third-order valence-corrected chi connectivity index (χ3v) is 3.77. The highest BCUT2D eigenvalue weighted by molar-refractivity contribution is 7.80. The summed E-state index contributed by atoms with van der Waals surface area (Å²) in [6, 6.07) is 3.48. The van der Waals surface area contributed by atoms with Crippen molar-refractivity contribution in [1.29, 1.82) is 0 Å². The minimum absolute atomic E-state index is 0.0540. The van der Waals surface area contributed by atoms with Gasteiger partial charge in [-0.3, -0.25) is 0 Å². The maximum atomic E-state index is 12.7. The number of hydrogen-bond acceptors (Lipinski definition) is 2. The predicted octanol–water partition coefficient (Wildman–Crippen LogP) is 4.78. The molecule has 0 unspecified atom stereocenters. The Balaban J connectivity index is 2.86. The van der Waals surface area contributed by atoms with Crippen LogP contribution in [0.5, 0.6) is 0 Å². The van der Waals surface area contributed by atoms with Crippen molar-refractivity contribution in [3.8, 4) is 0 Å². The molecule has 0 aliphatic rings. The first kappa shape index (κ1) is 10.2. The fraction of sp³-hybridized carbons (Fsp3) is 0.111. The van der Waals surface area contributed by atoms with Crippen LogP contribution in [0.15, 0.2) is 22.4 Å². The Morgan fingerprint density at radius 2 is 2.14 bits per heavy atom. The molecule has 1 heterocycles. The molecule has 0 saturated heterocycles. The Morgan fingerprint density at radius 1 is 1.43 bits per heavy atom. The zero-order chi connectivity index (χ0) is 10.3. The summed E-state index contributed by atoms with van der Waals surface area (Å²) in [4.78, 5) is 0.396. The maximum Gasteiger partial charge on any atom is 0.266 e. The molecule has 0 nitrogen and oxygen atoms in total. The molecule has 0 spiro atoms. The van der Waals surface area contributed by atoms with Crippen molar-refractivity contribution in [2.24, 2.45) is 0 Å². The van der Waals surface area contributed by atoms with Crippen LogP contribution in [-0.2, 0) is 0 Å². The van der Waals surface area contributed by atoms with E-state index in [1.54, 1.807) is 17.5 Å². The van der Waals surface area contributed by atoms with Crippen LogP contribution in [0.3, 0.4) is 0 Å². The van der Waals surface area contributed by atoms with Gasteiger partial charge in [0.15, 0.2) is 0 Å². The Labute approximate surface area is 93.9 Å². The van der Waals surface area contributed by atoms with Crippen LogP contribution in [0.4, 0.5) is 8.78 Å². The number of alkyl halides is 2. The summed E-state index contributed by atoms with van der Waals surface area (Å²) in [5, 5.41) is 2.58. The zero-order valence-electron chi connectivity index (χ0n) is 6.80. The highest BCUT2D eigenvalue weighted by atomic mass is 35.5. The normalized spacial score (nSPS) is 11.5. The SMILES string of the molecule is FC(F)c1c(Cl)c(S)cc2ccsc12. The van der Waals surface area contributed by atoms with Gasteiger partial charge in [0.1, 0.15) is 0 Å². The number of halogens is 3. The van der Waals surface area contributed by atoms with Crippen LogP contribution < -0.4 is 0 Å². The second-order valence-electron chi connectivity index (χ2n) is 2.76. The van der Waals surface area contributed by atoms with Gasteiger partial charge in [-0.1, -0.05) is 11.6 Å². The highest BCUT2D eigenvalue weighted by Crippen LogP contribution is 2.40. The molecule has 0 fully saturated rings. The van der Waals surface area contributed by atoms with E-state index < -0.39 is 6.43 Å². The van der Waals surface area contributed by atoms with E-state index in [1.165, 1.54) is 11.3 Å². The van der Waals surface area contributed by atoms with Crippen molar-refractivity contribution in [3.05, 3.63) is 28.1 Å². The van der Waals surface area contributed by atoms with Crippen LogP contribution in [0, 0.1) is 0 Å². The molecule has 0 N–H and O–H groups in total. The summed E-state index contributed by atoms with van der Waals surface area (Å²) >= 11 is 11.1. The second-order valence-corrected chi connectivity index (χ2v) is 4.54. The average Bonchev–Trinajstić information content (AvgIpc) is 2.52. The standard InChI is InChI=1S/C9H5ClF2S2/c10-7-5(13)3-4-1-2-14-8(4)6(7)9(11)12/h1-3,9,13H. The highest BCUT2D eigenvalue weighted by Gasteiger charge is 2.18. The number of thiol groups is 1.